The molecule has 0 amide bonds. The van der Waals surface area contributed by atoms with Crippen LogP contribution in [0.25, 0.3) is 0 Å². The second kappa shape index (κ2) is 5.07. The number of benzene rings is 1. The summed E-state index contributed by atoms with van der Waals surface area (Å²) in [4.78, 5) is 0. The highest BCUT2D eigenvalue weighted by atomic mass is 16.5. The number of rotatable bonds is 3. The number of hydrogen-bond donors (Lipinski definition) is 1. The van der Waals surface area contributed by atoms with E-state index in [-0.39, 0.29) is 5.54 Å². The van der Waals surface area contributed by atoms with Gasteiger partial charge in [-0.05, 0) is 37.5 Å². The highest BCUT2D eigenvalue weighted by Crippen LogP contribution is 2.33. The molecule has 3 heteroatoms. The lowest BCUT2D eigenvalue weighted by Gasteiger charge is -2.37. The quantitative estimate of drug-likeness (QED) is 0.874. The van der Waals surface area contributed by atoms with Crippen LogP contribution in [0.2, 0.25) is 0 Å². The molecular formula is C14H21NO2. The van der Waals surface area contributed by atoms with Crippen molar-refractivity contribution >= 4 is 0 Å². The molecule has 94 valence electrons. The predicted molar refractivity (Wildman–Crippen MR) is 68.1 cm³/mol. The summed E-state index contributed by atoms with van der Waals surface area (Å²) < 4.78 is 10.8. The Morgan fingerprint density at radius 1 is 1.47 bits per heavy atom. The number of nitrogens with two attached hydrogens (primary N) is 1. The fourth-order valence-electron chi connectivity index (χ4n) is 2.41. The van der Waals surface area contributed by atoms with E-state index >= 15 is 0 Å². The van der Waals surface area contributed by atoms with Gasteiger partial charge in [-0.1, -0.05) is 12.1 Å². The number of methoxy groups -OCH3 is 1. The summed E-state index contributed by atoms with van der Waals surface area (Å²) in [6, 6.07) is 8.02. The zero-order valence-electron chi connectivity index (χ0n) is 10.6. The maximum Gasteiger partial charge on any atom is 0.119 e. The van der Waals surface area contributed by atoms with Crippen molar-refractivity contribution < 1.29 is 9.47 Å². The van der Waals surface area contributed by atoms with Gasteiger partial charge in [0.25, 0.3) is 0 Å². The second-order valence-electron chi connectivity index (χ2n) is 4.93. The van der Waals surface area contributed by atoms with E-state index in [0.29, 0.717) is 5.92 Å². The van der Waals surface area contributed by atoms with Crippen LogP contribution in [0.4, 0.5) is 0 Å². The molecule has 17 heavy (non-hydrogen) atoms. The fraction of sp³-hybridized carbons (Fsp3) is 0.571. The highest BCUT2D eigenvalue weighted by Gasteiger charge is 2.33. The summed E-state index contributed by atoms with van der Waals surface area (Å²) in [7, 11) is 1.68. The van der Waals surface area contributed by atoms with Crippen LogP contribution in [0.5, 0.6) is 5.75 Å². The van der Waals surface area contributed by atoms with Crippen LogP contribution in [-0.4, -0.2) is 20.3 Å². The van der Waals surface area contributed by atoms with Crippen molar-refractivity contribution in [3.8, 4) is 5.75 Å². The van der Waals surface area contributed by atoms with Crippen molar-refractivity contribution in [2.75, 3.05) is 20.3 Å². The van der Waals surface area contributed by atoms with Crippen LogP contribution < -0.4 is 10.5 Å². The summed E-state index contributed by atoms with van der Waals surface area (Å²) in [6.45, 7) is 3.70. The zero-order valence-corrected chi connectivity index (χ0v) is 10.6. The molecule has 0 saturated carbocycles. The Labute approximate surface area is 103 Å². The molecule has 2 unspecified atom stereocenters. The molecule has 1 aromatic carbocycles. The minimum Gasteiger partial charge on any atom is -0.497 e. The lowest BCUT2D eigenvalue weighted by Crippen LogP contribution is -2.44. The van der Waals surface area contributed by atoms with Gasteiger partial charge < -0.3 is 15.2 Å². The monoisotopic (exact) mass is 235 g/mol. The first kappa shape index (κ1) is 12.4. The van der Waals surface area contributed by atoms with Crippen molar-refractivity contribution in [2.24, 2.45) is 11.7 Å². The highest BCUT2D eigenvalue weighted by molar-refractivity contribution is 5.33. The summed E-state index contributed by atoms with van der Waals surface area (Å²) in [5.41, 5.74) is 7.27. The van der Waals surface area contributed by atoms with Gasteiger partial charge in [-0.2, -0.15) is 0 Å². The topological polar surface area (TPSA) is 44.5 Å². The summed E-state index contributed by atoms with van der Waals surface area (Å²) in [5, 5.41) is 0. The van der Waals surface area contributed by atoms with Crippen LogP contribution >= 0.6 is 0 Å². The van der Waals surface area contributed by atoms with Gasteiger partial charge in [-0.15, -0.1) is 0 Å². The van der Waals surface area contributed by atoms with Crippen LogP contribution in [-0.2, 0) is 10.3 Å². The lowest BCUT2D eigenvalue weighted by atomic mass is 9.77. The average Bonchev–Trinajstić information content (AvgIpc) is 2.40. The summed E-state index contributed by atoms with van der Waals surface area (Å²) in [5.74, 6) is 1.24. The van der Waals surface area contributed by atoms with E-state index in [4.69, 9.17) is 15.2 Å². The smallest absolute Gasteiger partial charge is 0.119 e. The molecule has 1 saturated heterocycles. The molecule has 1 aliphatic heterocycles. The van der Waals surface area contributed by atoms with E-state index in [2.05, 4.69) is 13.0 Å². The normalized spacial score (nSPS) is 24.1. The number of hydrogen-bond acceptors (Lipinski definition) is 3. The third-order valence-corrected chi connectivity index (χ3v) is 3.70. The Hall–Kier alpha value is -1.06. The van der Waals surface area contributed by atoms with Gasteiger partial charge in [0, 0.05) is 18.1 Å². The van der Waals surface area contributed by atoms with Crippen molar-refractivity contribution in [3.63, 3.8) is 0 Å². The number of ether oxygens (including phenoxy) is 2. The van der Waals surface area contributed by atoms with Crippen molar-refractivity contribution in [1.82, 2.24) is 0 Å². The third-order valence-electron chi connectivity index (χ3n) is 3.70. The van der Waals surface area contributed by atoms with E-state index < -0.39 is 0 Å². The van der Waals surface area contributed by atoms with Crippen LogP contribution in [0, 0.1) is 5.92 Å². The Morgan fingerprint density at radius 3 is 2.94 bits per heavy atom. The van der Waals surface area contributed by atoms with E-state index in [0.717, 1.165) is 37.4 Å². The van der Waals surface area contributed by atoms with E-state index in [1.54, 1.807) is 7.11 Å². The van der Waals surface area contributed by atoms with Crippen molar-refractivity contribution in [3.05, 3.63) is 29.8 Å². The predicted octanol–water partition coefficient (Wildman–Crippen LogP) is 2.30. The fourth-order valence-corrected chi connectivity index (χ4v) is 2.41. The molecule has 0 bridgehead atoms. The molecule has 1 fully saturated rings. The SMILES string of the molecule is COc1cccc(C(C)(N)C2CCCOC2)c1. The van der Waals surface area contributed by atoms with E-state index in [1.807, 2.05) is 18.2 Å². The molecule has 0 aromatic heterocycles. The van der Waals surface area contributed by atoms with Gasteiger partial charge in [-0.3, -0.25) is 0 Å². The van der Waals surface area contributed by atoms with Gasteiger partial charge >= 0.3 is 0 Å². The molecule has 0 radical (unpaired) electrons. The molecule has 2 N–H and O–H groups in total. The Bertz CT molecular complexity index is 370. The standard InChI is InChI=1S/C14H21NO2/c1-14(15,12-6-4-8-17-10-12)11-5-3-7-13(9-11)16-2/h3,5,7,9,12H,4,6,8,10,15H2,1-2H3. The largest absolute Gasteiger partial charge is 0.497 e. The maximum absolute atomic E-state index is 6.50. The zero-order chi connectivity index (χ0) is 12.3. The first-order chi connectivity index (χ1) is 8.14. The first-order valence-corrected chi connectivity index (χ1v) is 6.15. The molecule has 0 aliphatic carbocycles. The van der Waals surface area contributed by atoms with Gasteiger partial charge in [0.2, 0.25) is 0 Å². The van der Waals surface area contributed by atoms with Crippen LogP contribution in [0.1, 0.15) is 25.3 Å². The van der Waals surface area contributed by atoms with E-state index in [1.165, 1.54) is 0 Å². The average molecular weight is 235 g/mol. The maximum atomic E-state index is 6.50. The van der Waals surface area contributed by atoms with Gasteiger partial charge in [0.05, 0.1) is 13.7 Å². The molecule has 1 aliphatic rings. The first-order valence-electron chi connectivity index (χ1n) is 6.15. The lowest BCUT2D eigenvalue weighted by molar-refractivity contribution is 0.0243. The van der Waals surface area contributed by atoms with Crippen LogP contribution in [0.3, 0.4) is 0 Å². The molecular weight excluding hydrogens is 214 g/mol. The molecule has 0 spiro atoms. The third kappa shape index (κ3) is 2.61. The second-order valence-corrected chi connectivity index (χ2v) is 4.93. The summed E-state index contributed by atoms with van der Waals surface area (Å²) in [6.07, 6.45) is 2.23. The van der Waals surface area contributed by atoms with Gasteiger partial charge in [0.1, 0.15) is 5.75 Å². The molecule has 1 aromatic rings. The Kier molecular flexibility index (Phi) is 3.69. The Morgan fingerprint density at radius 2 is 2.29 bits per heavy atom. The van der Waals surface area contributed by atoms with Crippen molar-refractivity contribution in [1.29, 1.82) is 0 Å². The Balaban J connectivity index is 2.22. The van der Waals surface area contributed by atoms with Gasteiger partial charge in [-0.25, -0.2) is 0 Å². The molecule has 1 heterocycles. The minimum atomic E-state index is -0.352. The van der Waals surface area contributed by atoms with Gasteiger partial charge in [0.15, 0.2) is 0 Å². The molecule has 2 atom stereocenters. The minimum absolute atomic E-state index is 0.352. The van der Waals surface area contributed by atoms with E-state index in [9.17, 15) is 0 Å². The molecule has 2 rings (SSSR count). The molecule has 3 nitrogen and oxygen atoms in total. The summed E-state index contributed by atoms with van der Waals surface area (Å²) >= 11 is 0. The van der Waals surface area contributed by atoms with Crippen LogP contribution in [0.15, 0.2) is 24.3 Å². The van der Waals surface area contributed by atoms with Crippen molar-refractivity contribution in [2.45, 2.75) is 25.3 Å².